The van der Waals surface area contributed by atoms with Gasteiger partial charge in [-0.3, -0.25) is 4.79 Å². The van der Waals surface area contributed by atoms with Crippen LogP contribution in [0.25, 0.3) is 10.2 Å². The molecule has 0 spiro atoms. The Balaban J connectivity index is 1.54. The molecule has 6 heteroatoms. The maximum atomic E-state index is 12.4. The molecule has 0 aliphatic heterocycles. The molecule has 0 aromatic carbocycles. The number of rotatable bonds is 4. The van der Waals surface area contributed by atoms with E-state index in [2.05, 4.69) is 15.3 Å². The van der Waals surface area contributed by atoms with Crippen LogP contribution in [0.1, 0.15) is 49.5 Å². The summed E-state index contributed by atoms with van der Waals surface area (Å²) in [5.41, 5.74) is 1.43. The van der Waals surface area contributed by atoms with Crippen molar-refractivity contribution in [2.24, 2.45) is 0 Å². The van der Waals surface area contributed by atoms with E-state index in [-0.39, 0.29) is 11.2 Å². The summed E-state index contributed by atoms with van der Waals surface area (Å²) in [6.45, 7) is 1.98. The van der Waals surface area contributed by atoms with E-state index in [0.29, 0.717) is 6.04 Å². The summed E-state index contributed by atoms with van der Waals surface area (Å²) in [7, 11) is 0. The van der Waals surface area contributed by atoms with Crippen molar-refractivity contribution < 1.29 is 4.79 Å². The lowest BCUT2D eigenvalue weighted by molar-refractivity contribution is -0.120. The Bertz CT molecular complexity index is 737. The van der Waals surface area contributed by atoms with Crippen molar-refractivity contribution in [1.29, 1.82) is 0 Å². The molecule has 0 unspecified atom stereocenters. The van der Waals surface area contributed by atoms with Crippen LogP contribution in [0.15, 0.2) is 11.4 Å². The number of thioether (sulfide) groups is 1. The Morgan fingerprint density at radius 3 is 2.96 bits per heavy atom. The predicted molar refractivity (Wildman–Crippen MR) is 95.2 cm³/mol. The number of carbonyl (C=O) groups is 1. The SMILES string of the molecule is C[C@H](Sc1ncnc2sc3c(c12)CCC3)C(=O)NC1CCCC1. The maximum absolute atomic E-state index is 12.4. The van der Waals surface area contributed by atoms with E-state index in [1.54, 1.807) is 29.4 Å². The topological polar surface area (TPSA) is 54.9 Å². The van der Waals surface area contributed by atoms with E-state index in [0.717, 1.165) is 35.5 Å². The van der Waals surface area contributed by atoms with Gasteiger partial charge in [-0.05, 0) is 44.6 Å². The summed E-state index contributed by atoms with van der Waals surface area (Å²) in [4.78, 5) is 23.9. The fourth-order valence-corrected chi connectivity index (χ4v) is 5.85. The molecular formula is C17H21N3OS2. The molecule has 122 valence electrons. The van der Waals surface area contributed by atoms with Gasteiger partial charge in [0.05, 0.1) is 5.25 Å². The van der Waals surface area contributed by atoms with E-state index in [1.807, 2.05) is 6.92 Å². The molecule has 0 bridgehead atoms. The molecule has 4 nitrogen and oxygen atoms in total. The smallest absolute Gasteiger partial charge is 0.233 e. The van der Waals surface area contributed by atoms with E-state index < -0.39 is 0 Å². The molecule has 2 aliphatic rings. The van der Waals surface area contributed by atoms with Crippen LogP contribution < -0.4 is 5.32 Å². The first-order valence-corrected chi connectivity index (χ1v) is 10.1. The third-order valence-corrected chi connectivity index (χ3v) is 7.13. The first-order chi connectivity index (χ1) is 11.2. The summed E-state index contributed by atoms with van der Waals surface area (Å²) < 4.78 is 0. The number of carbonyl (C=O) groups excluding carboxylic acids is 1. The minimum Gasteiger partial charge on any atom is -0.352 e. The zero-order chi connectivity index (χ0) is 15.8. The second-order valence-corrected chi connectivity index (χ2v) is 8.88. The Kier molecular flexibility index (Phi) is 4.28. The number of amides is 1. The predicted octanol–water partition coefficient (Wildman–Crippen LogP) is 3.72. The molecule has 0 radical (unpaired) electrons. The Hall–Kier alpha value is -1.14. The number of hydrogen-bond donors (Lipinski definition) is 1. The molecule has 2 aliphatic carbocycles. The molecule has 2 aromatic heterocycles. The number of aryl methyl sites for hydroxylation is 2. The molecule has 1 saturated carbocycles. The lowest BCUT2D eigenvalue weighted by Gasteiger charge is -2.16. The zero-order valence-electron chi connectivity index (χ0n) is 13.3. The van der Waals surface area contributed by atoms with Crippen molar-refractivity contribution in [2.45, 2.75) is 68.2 Å². The van der Waals surface area contributed by atoms with Gasteiger partial charge in [-0.1, -0.05) is 24.6 Å². The van der Waals surface area contributed by atoms with Gasteiger partial charge < -0.3 is 5.32 Å². The van der Waals surface area contributed by atoms with Crippen molar-refractivity contribution in [1.82, 2.24) is 15.3 Å². The van der Waals surface area contributed by atoms with Crippen LogP contribution in [0.3, 0.4) is 0 Å². The number of fused-ring (bicyclic) bond motifs is 3. The molecule has 0 saturated heterocycles. The summed E-state index contributed by atoms with van der Waals surface area (Å²) in [6.07, 6.45) is 9.88. The number of nitrogens with zero attached hydrogens (tertiary/aromatic N) is 2. The quantitative estimate of drug-likeness (QED) is 0.676. The van der Waals surface area contributed by atoms with Crippen molar-refractivity contribution in [3.8, 4) is 0 Å². The average molecular weight is 348 g/mol. The Labute approximate surface area is 144 Å². The monoisotopic (exact) mass is 347 g/mol. The van der Waals surface area contributed by atoms with Gasteiger partial charge in [0.15, 0.2) is 0 Å². The molecule has 2 aromatic rings. The third kappa shape index (κ3) is 2.98. The molecule has 4 rings (SSSR count). The second kappa shape index (κ2) is 6.40. The van der Waals surface area contributed by atoms with Crippen LogP contribution in [-0.2, 0) is 17.6 Å². The van der Waals surface area contributed by atoms with Gasteiger partial charge in [0, 0.05) is 16.3 Å². The normalized spacial score (nSPS) is 19.2. The standard InChI is InChI=1S/C17H21N3OS2/c1-10(15(21)20-11-5-2-3-6-11)22-16-14-12-7-4-8-13(12)23-17(14)19-9-18-16/h9-11H,2-8H2,1H3,(H,20,21)/t10-/m0/s1. The van der Waals surface area contributed by atoms with E-state index in [1.165, 1.54) is 35.1 Å². The number of hydrogen-bond acceptors (Lipinski definition) is 5. The van der Waals surface area contributed by atoms with Crippen LogP contribution in [0.2, 0.25) is 0 Å². The van der Waals surface area contributed by atoms with Gasteiger partial charge in [-0.2, -0.15) is 0 Å². The molecule has 23 heavy (non-hydrogen) atoms. The van der Waals surface area contributed by atoms with Gasteiger partial charge in [0.1, 0.15) is 16.2 Å². The Morgan fingerprint density at radius 2 is 2.13 bits per heavy atom. The average Bonchev–Trinajstić information content (AvgIpc) is 3.23. The largest absolute Gasteiger partial charge is 0.352 e. The van der Waals surface area contributed by atoms with Gasteiger partial charge in [-0.25, -0.2) is 9.97 Å². The highest BCUT2D eigenvalue weighted by Crippen LogP contribution is 2.40. The zero-order valence-corrected chi connectivity index (χ0v) is 14.9. The molecule has 1 fully saturated rings. The Morgan fingerprint density at radius 1 is 1.30 bits per heavy atom. The van der Waals surface area contributed by atoms with E-state index in [4.69, 9.17) is 0 Å². The van der Waals surface area contributed by atoms with Crippen LogP contribution in [0.4, 0.5) is 0 Å². The van der Waals surface area contributed by atoms with Crippen molar-refractivity contribution in [3.05, 3.63) is 16.8 Å². The third-order valence-electron chi connectivity index (χ3n) is 4.83. The summed E-state index contributed by atoms with van der Waals surface area (Å²) in [5, 5.41) is 5.25. The van der Waals surface area contributed by atoms with Crippen molar-refractivity contribution in [3.63, 3.8) is 0 Å². The summed E-state index contributed by atoms with van der Waals surface area (Å²) in [6, 6.07) is 0.376. The second-order valence-electron chi connectivity index (χ2n) is 6.47. The molecular weight excluding hydrogens is 326 g/mol. The van der Waals surface area contributed by atoms with Crippen LogP contribution >= 0.6 is 23.1 Å². The van der Waals surface area contributed by atoms with E-state index in [9.17, 15) is 4.79 Å². The van der Waals surface area contributed by atoms with Crippen LogP contribution in [-0.4, -0.2) is 27.2 Å². The van der Waals surface area contributed by atoms with Gasteiger partial charge in [-0.15, -0.1) is 11.3 Å². The number of aromatic nitrogens is 2. The highest BCUT2D eigenvalue weighted by molar-refractivity contribution is 8.00. The fraction of sp³-hybridized carbons (Fsp3) is 0.588. The minimum absolute atomic E-state index is 0.120. The fourth-order valence-electron chi connectivity index (χ4n) is 3.60. The lowest BCUT2D eigenvalue weighted by atomic mass is 10.2. The highest BCUT2D eigenvalue weighted by atomic mass is 32.2. The highest BCUT2D eigenvalue weighted by Gasteiger charge is 2.25. The summed E-state index contributed by atoms with van der Waals surface area (Å²) in [5.74, 6) is 0.139. The van der Waals surface area contributed by atoms with Crippen LogP contribution in [0, 0.1) is 0 Å². The lowest BCUT2D eigenvalue weighted by Crippen LogP contribution is -2.37. The van der Waals surface area contributed by atoms with Gasteiger partial charge in [0.25, 0.3) is 0 Å². The molecule has 1 atom stereocenters. The first-order valence-electron chi connectivity index (χ1n) is 8.44. The first kappa shape index (κ1) is 15.4. The molecule has 1 N–H and O–H groups in total. The van der Waals surface area contributed by atoms with E-state index >= 15 is 0 Å². The minimum atomic E-state index is -0.120. The molecule has 2 heterocycles. The maximum Gasteiger partial charge on any atom is 0.233 e. The van der Waals surface area contributed by atoms with Gasteiger partial charge >= 0.3 is 0 Å². The number of nitrogens with one attached hydrogen (secondary N) is 1. The number of thiophene rings is 1. The molecule has 1 amide bonds. The van der Waals surface area contributed by atoms with Crippen LogP contribution in [0.5, 0.6) is 0 Å². The summed E-state index contributed by atoms with van der Waals surface area (Å²) >= 11 is 3.38. The van der Waals surface area contributed by atoms with Crippen molar-refractivity contribution in [2.75, 3.05) is 0 Å². The van der Waals surface area contributed by atoms with Gasteiger partial charge in [0.2, 0.25) is 5.91 Å². The van der Waals surface area contributed by atoms with Crippen molar-refractivity contribution >= 4 is 39.2 Å².